The zero-order valence-corrected chi connectivity index (χ0v) is 26.5. The molecule has 0 bridgehead atoms. The standard InChI is InChI=1S/C32H30ClF3N6O3S/c1-43-12-16-3-4-17-13-44-27-23-26(25(36)22(24(27)33)18-5-6-20(35)28-21(18)19(10-37)29(38)46-28)39-31(40-30(23)42(16)17)45-14-32-7-2-8-41(32)11-15(34)9-32/h5-6,15-17H,2-4,7-9,11-14,38H2,1H3/t15-,16?,17?,32+/m1/s1. The number of nitrogens with zero attached hydrogens (tertiary/aromatic N) is 5. The maximum Gasteiger partial charge on any atom is 0.319 e. The van der Waals surface area contributed by atoms with Gasteiger partial charge in [-0.05, 0) is 43.9 Å². The number of nitriles is 1. The van der Waals surface area contributed by atoms with Gasteiger partial charge in [0.1, 0.15) is 47.6 Å². The number of nitrogens with two attached hydrogens (primary N) is 1. The molecule has 46 heavy (non-hydrogen) atoms. The minimum Gasteiger partial charge on any atom is -0.489 e. The van der Waals surface area contributed by atoms with Crippen LogP contribution < -0.4 is 20.1 Å². The van der Waals surface area contributed by atoms with Crippen LogP contribution in [0.3, 0.4) is 0 Å². The Bertz CT molecular complexity index is 1950. The van der Waals surface area contributed by atoms with E-state index in [1.807, 2.05) is 6.07 Å². The van der Waals surface area contributed by atoms with Crippen molar-refractivity contribution in [2.24, 2.45) is 0 Å². The molecule has 8 rings (SSSR count). The average Bonchev–Trinajstić information content (AvgIpc) is 3.75. The SMILES string of the molecule is COCC1CCC2COc3c(Cl)c(-c4ccc(F)c5sc(N)c(C#N)c45)c(F)c4nc(OC[C@@]56CCCN5C[C@H](F)C6)nc(c34)N12. The molecule has 0 spiro atoms. The fourth-order valence-electron chi connectivity index (χ4n) is 8.02. The molecule has 4 aliphatic rings. The number of nitrogen functional groups attached to an aromatic ring is 1. The number of aromatic nitrogens is 2. The quantitative estimate of drug-likeness (QED) is 0.255. The molecule has 2 aromatic heterocycles. The van der Waals surface area contributed by atoms with Crippen molar-refractivity contribution in [3.8, 4) is 29.0 Å². The van der Waals surface area contributed by atoms with Crippen LogP contribution in [0.1, 0.15) is 37.7 Å². The number of methoxy groups -OCH3 is 1. The minimum atomic E-state index is -0.940. The highest BCUT2D eigenvalue weighted by Gasteiger charge is 2.49. The van der Waals surface area contributed by atoms with E-state index < -0.39 is 23.3 Å². The number of benzene rings is 2. The van der Waals surface area contributed by atoms with Crippen LogP contribution >= 0.6 is 22.9 Å². The molecule has 4 aliphatic heterocycles. The highest BCUT2D eigenvalue weighted by molar-refractivity contribution is 7.23. The van der Waals surface area contributed by atoms with Crippen LogP contribution in [0.15, 0.2) is 12.1 Å². The smallest absolute Gasteiger partial charge is 0.319 e. The first-order valence-electron chi connectivity index (χ1n) is 15.3. The van der Waals surface area contributed by atoms with Gasteiger partial charge >= 0.3 is 6.01 Å². The molecule has 2 aromatic carbocycles. The van der Waals surface area contributed by atoms with E-state index in [0.717, 1.165) is 43.6 Å². The molecule has 4 atom stereocenters. The fourth-order valence-corrected chi connectivity index (χ4v) is 9.30. The second-order valence-corrected chi connectivity index (χ2v) is 14.0. The fraction of sp³-hybridized carbons (Fsp3) is 0.469. The van der Waals surface area contributed by atoms with Gasteiger partial charge in [0.25, 0.3) is 0 Å². The summed E-state index contributed by atoms with van der Waals surface area (Å²) in [5.41, 5.74) is 5.67. The topological polar surface area (TPSA) is 110 Å². The van der Waals surface area contributed by atoms with Crippen molar-refractivity contribution in [3.63, 3.8) is 0 Å². The molecular formula is C32H30ClF3N6O3S. The Morgan fingerprint density at radius 3 is 2.91 bits per heavy atom. The molecule has 9 nitrogen and oxygen atoms in total. The monoisotopic (exact) mass is 670 g/mol. The van der Waals surface area contributed by atoms with E-state index in [1.54, 1.807) is 7.11 Å². The lowest BCUT2D eigenvalue weighted by Crippen LogP contribution is -2.43. The van der Waals surface area contributed by atoms with Crippen molar-refractivity contribution in [1.29, 1.82) is 5.26 Å². The van der Waals surface area contributed by atoms with Crippen molar-refractivity contribution >= 4 is 54.7 Å². The summed E-state index contributed by atoms with van der Waals surface area (Å²) in [6.45, 7) is 1.98. The van der Waals surface area contributed by atoms with Crippen molar-refractivity contribution in [2.75, 3.05) is 50.7 Å². The number of hydrogen-bond donors (Lipinski definition) is 1. The highest BCUT2D eigenvalue weighted by atomic mass is 35.5. The van der Waals surface area contributed by atoms with Gasteiger partial charge in [-0.3, -0.25) is 4.90 Å². The van der Waals surface area contributed by atoms with E-state index in [0.29, 0.717) is 25.4 Å². The van der Waals surface area contributed by atoms with Gasteiger partial charge in [0, 0.05) is 31.0 Å². The number of alkyl halides is 1. The summed E-state index contributed by atoms with van der Waals surface area (Å²) in [6, 6.07) is 4.41. The van der Waals surface area contributed by atoms with Crippen LogP contribution in [0, 0.1) is 23.0 Å². The van der Waals surface area contributed by atoms with E-state index in [2.05, 4.69) is 14.8 Å². The largest absolute Gasteiger partial charge is 0.489 e. The predicted molar refractivity (Wildman–Crippen MR) is 170 cm³/mol. The number of thiophene rings is 1. The molecule has 0 amide bonds. The molecule has 2 unspecified atom stereocenters. The van der Waals surface area contributed by atoms with Crippen molar-refractivity contribution in [3.05, 3.63) is 34.4 Å². The lowest BCUT2D eigenvalue weighted by atomic mass is 9.95. The molecular weight excluding hydrogens is 641 g/mol. The van der Waals surface area contributed by atoms with Crippen molar-refractivity contribution in [2.45, 2.75) is 55.9 Å². The second-order valence-electron chi connectivity index (χ2n) is 12.6. The maximum absolute atomic E-state index is 17.1. The van der Waals surface area contributed by atoms with Crippen LogP contribution in [-0.4, -0.2) is 78.7 Å². The van der Waals surface area contributed by atoms with Gasteiger partial charge in [-0.1, -0.05) is 17.7 Å². The summed E-state index contributed by atoms with van der Waals surface area (Å²) in [7, 11) is 1.63. The summed E-state index contributed by atoms with van der Waals surface area (Å²) in [6.07, 6.45) is 2.74. The number of halogens is 4. The summed E-state index contributed by atoms with van der Waals surface area (Å²) in [4.78, 5) is 13.7. The summed E-state index contributed by atoms with van der Waals surface area (Å²) >= 11 is 7.94. The molecule has 6 heterocycles. The molecule has 0 saturated carbocycles. The van der Waals surface area contributed by atoms with Gasteiger partial charge in [-0.2, -0.15) is 15.2 Å². The Morgan fingerprint density at radius 1 is 1.26 bits per heavy atom. The molecule has 0 radical (unpaired) electrons. The zero-order valence-electron chi connectivity index (χ0n) is 24.9. The molecule has 3 saturated heterocycles. The van der Waals surface area contributed by atoms with Gasteiger partial charge in [-0.25, -0.2) is 13.2 Å². The zero-order chi connectivity index (χ0) is 31.9. The molecule has 3 fully saturated rings. The summed E-state index contributed by atoms with van der Waals surface area (Å²) in [5, 5.41) is 10.4. The summed E-state index contributed by atoms with van der Waals surface area (Å²) < 4.78 is 64.9. The van der Waals surface area contributed by atoms with E-state index in [1.165, 1.54) is 12.1 Å². The molecule has 0 aliphatic carbocycles. The third-order valence-corrected chi connectivity index (χ3v) is 11.4. The van der Waals surface area contributed by atoms with Gasteiger partial charge in [0.15, 0.2) is 11.6 Å². The van der Waals surface area contributed by atoms with E-state index in [-0.39, 0.29) is 84.8 Å². The first-order valence-corrected chi connectivity index (χ1v) is 16.5. The van der Waals surface area contributed by atoms with Crippen LogP contribution in [0.5, 0.6) is 11.8 Å². The van der Waals surface area contributed by atoms with Crippen molar-refractivity contribution in [1.82, 2.24) is 14.9 Å². The lowest BCUT2D eigenvalue weighted by molar-refractivity contribution is 0.107. The van der Waals surface area contributed by atoms with E-state index >= 15 is 4.39 Å². The third kappa shape index (κ3) is 4.33. The normalized spacial score (nSPS) is 25.5. The van der Waals surface area contributed by atoms with Gasteiger partial charge in [0.2, 0.25) is 0 Å². The number of rotatable bonds is 6. The number of anilines is 2. The highest BCUT2D eigenvalue weighted by Crippen LogP contribution is 2.52. The van der Waals surface area contributed by atoms with E-state index in [9.17, 15) is 14.0 Å². The van der Waals surface area contributed by atoms with Gasteiger partial charge < -0.3 is 24.8 Å². The third-order valence-electron chi connectivity index (χ3n) is 10.0. The van der Waals surface area contributed by atoms with Gasteiger partial charge in [0.05, 0.1) is 44.9 Å². The number of fused-ring (bicyclic) bond motifs is 4. The van der Waals surface area contributed by atoms with Crippen LogP contribution in [0.4, 0.5) is 24.0 Å². The number of hydrogen-bond acceptors (Lipinski definition) is 10. The molecule has 14 heteroatoms. The number of ether oxygens (including phenoxy) is 3. The Hall–Kier alpha value is -3.57. The second kappa shape index (κ2) is 11.0. The molecule has 4 aromatic rings. The first kappa shape index (κ1) is 29.8. The molecule has 2 N–H and O–H groups in total. The Kier molecular flexibility index (Phi) is 7.13. The lowest BCUT2D eigenvalue weighted by Gasteiger charge is -2.32. The van der Waals surface area contributed by atoms with Crippen LogP contribution in [0.2, 0.25) is 5.02 Å². The predicted octanol–water partition coefficient (Wildman–Crippen LogP) is 6.23. The van der Waals surface area contributed by atoms with Gasteiger partial charge in [-0.15, -0.1) is 11.3 Å². The summed E-state index contributed by atoms with van der Waals surface area (Å²) in [5.74, 6) is -0.775. The van der Waals surface area contributed by atoms with Crippen molar-refractivity contribution < 1.29 is 27.4 Å². The first-order chi connectivity index (χ1) is 22.2. The average molecular weight is 671 g/mol. The molecule has 240 valence electrons. The Morgan fingerprint density at radius 2 is 2.11 bits per heavy atom. The van der Waals surface area contributed by atoms with Crippen LogP contribution in [-0.2, 0) is 4.74 Å². The Labute approximate surface area is 271 Å². The minimum absolute atomic E-state index is 0.0374. The maximum atomic E-state index is 17.1. The van der Waals surface area contributed by atoms with E-state index in [4.69, 9.17) is 36.5 Å². The Balaban J connectivity index is 1.35. The van der Waals surface area contributed by atoms with Crippen LogP contribution in [0.25, 0.3) is 32.1 Å².